The first kappa shape index (κ1) is 18.1. The van der Waals surface area contributed by atoms with Crippen molar-refractivity contribution < 1.29 is 18.3 Å². The minimum atomic E-state index is -2.69. The van der Waals surface area contributed by atoms with Gasteiger partial charge in [0.25, 0.3) is 0 Å². The molecule has 1 aliphatic rings. The molecular formula is C15H28F2N2O2. The Balaban J connectivity index is 2.43. The summed E-state index contributed by atoms with van der Waals surface area (Å²) in [6.07, 6.45) is 1.38. The van der Waals surface area contributed by atoms with Crippen LogP contribution in [-0.2, 0) is 4.74 Å². The second-order valence-electron chi connectivity index (χ2n) is 6.87. The van der Waals surface area contributed by atoms with Gasteiger partial charge in [-0.1, -0.05) is 0 Å². The van der Waals surface area contributed by atoms with Crippen LogP contribution in [0.2, 0.25) is 0 Å². The van der Waals surface area contributed by atoms with Crippen molar-refractivity contribution in [3.05, 3.63) is 0 Å². The molecule has 1 fully saturated rings. The van der Waals surface area contributed by atoms with Crippen molar-refractivity contribution in [1.29, 1.82) is 0 Å². The van der Waals surface area contributed by atoms with Crippen molar-refractivity contribution in [2.75, 3.05) is 19.6 Å². The van der Waals surface area contributed by atoms with Gasteiger partial charge in [-0.05, 0) is 52.5 Å². The molecule has 2 N–H and O–H groups in total. The molecule has 1 amide bonds. The van der Waals surface area contributed by atoms with Gasteiger partial charge < -0.3 is 15.4 Å². The van der Waals surface area contributed by atoms with E-state index in [-0.39, 0.29) is 31.4 Å². The Labute approximate surface area is 126 Å². The highest BCUT2D eigenvalue weighted by molar-refractivity contribution is 5.68. The van der Waals surface area contributed by atoms with Gasteiger partial charge in [0.1, 0.15) is 5.60 Å². The maximum absolute atomic E-state index is 13.5. The molecule has 0 aromatic carbocycles. The van der Waals surface area contributed by atoms with E-state index in [1.165, 1.54) is 0 Å². The number of carbonyl (C=O) groups excluding carboxylic acids is 1. The van der Waals surface area contributed by atoms with Gasteiger partial charge in [0.2, 0.25) is 5.92 Å². The maximum atomic E-state index is 13.5. The number of halogens is 2. The lowest BCUT2D eigenvalue weighted by atomic mass is 9.91. The molecule has 0 aromatic rings. The van der Waals surface area contributed by atoms with Crippen LogP contribution in [0.25, 0.3) is 0 Å². The van der Waals surface area contributed by atoms with Gasteiger partial charge in [0.05, 0.1) is 0 Å². The minimum Gasteiger partial charge on any atom is -0.444 e. The summed E-state index contributed by atoms with van der Waals surface area (Å²) < 4.78 is 32.3. The first-order valence-electron chi connectivity index (χ1n) is 7.69. The Morgan fingerprint density at radius 1 is 1.33 bits per heavy atom. The normalized spacial score (nSPS) is 20.5. The number of nitrogens with two attached hydrogens (primary N) is 1. The molecule has 21 heavy (non-hydrogen) atoms. The van der Waals surface area contributed by atoms with Crippen molar-refractivity contribution in [2.24, 2.45) is 11.7 Å². The summed E-state index contributed by atoms with van der Waals surface area (Å²) in [6, 6.07) is 0. The van der Waals surface area contributed by atoms with Gasteiger partial charge in [-0.2, -0.15) is 0 Å². The first-order chi connectivity index (χ1) is 9.63. The average molecular weight is 306 g/mol. The van der Waals surface area contributed by atoms with E-state index in [9.17, 15) is 13.6 Å². The monoisotopic (exact) mass is 306 g/mol. The Morgan fingerprint density at radius 2 is 2.00 bits per heavy atom. The third kappa shape index (κ3) is 7.07. The lowest BCUT2D eigenvalue weighted by Gasteiger charge is -2.34. The number of carbonyl (C=O) groups is 1. The molecule has 124 valence electrons. The standard InChI is InChI=1S/C15H28F2N2O2/c1-14(2,3)21-13(20)19-10-4-5-12(11-19)6-7-15(16,17)8-9-18/h12H,4-11,18H2,1-3H3. The average Bonchev–Trinajstić information content (AvgIpc) is 2.35. The summed E-state index contributed by atoms with van der Waals surface area (Å²) >= 11 is 0. The first-order valence-corrected chi connectivity index (χ1v) is 7.69. The molecule has 6 heteroatoms. The van der Waals surface area contributed by atoms with Gasteiger partial charge in [-0.3, -0.25) is 0 Å². The lowest BCUT2D eigenvalue weighted by molar-refractivity contribution is -0.0232. The summed E-state index contributed by atoms with van der Waals surface area (Å²) in [5.74, 6) is -2.57. The zero-order valence-corrected chi connectivity index (χ0v) is 13.3. The predicted octanol–water partition coefficient (Wildman–Crippen LogP) is 3.40. The smallest absolute Gasteiger partial charge is 0.410 e. The van der Waals surface area contributed by atoms with Crippen LogP contribution in [0.4, 0.5) is 13.6 Å². The Bertz CT molecular complexity index is 343. The van der Waals surface area contributed by atoms with Gasteiger partial charge in [-0.15, -0.1) is 0 Å². The molecule has 0 spiro atoms. The number of amides is 1. The largest absolute Gasteiger partial charge is 0.444 e. The van der Waals surface area contributed by atoms with Crippen molar-refractivity contribution in [3.63, 3.8) is 0 Å². The lowest BCUT2D eigenvalue weighted by Crippen LogP contribution is -2.43. The van der Waals surface area contributed by atoms with Crippen LogP contribution in [0.3, 0.4) is 0 Å². The van der Waals surface area contributed by atoms with E-state index < -0.39 is 11.5 Å². The molecule has 1 unspecified atom stereocenters. The van der Waals surface area contributed by atoms with Gasteiger partial charge in [0, 0.05) is 25.9 Å². The number of ether oxygens (including phenoxy) is 1. The van der Waals surface area contributed by atoms with Crippen molar-refractivity contribution in [1.82, 2.24) is 4.90 Å². The van der Waals surface area contributed by atoms with Crippen molar-refractivity contribution in [3.8, 4) is 0 Å². The third-order valence-electron chi connectivity index (χ3n) is 3.60. The van der Waals surface area contributed by atoms with E-state index >= 15 is 0 Å². The van der Waals surface area contributed by atoms with Crippen LogP contribution in [0.15, 0.2) is 0 Å². The fourth-order valence-corrected chi connectivity index (χ4v) is 2.54. The van der Waals surface area contributed by atoms with E-state index in [2.05, 4.69) is 0 Å². The van der Waals surface area contributed by atoms with E-state index in [1.54, 1.807) is 4.90 Å². The predicted molar refractivity (Wildman–Crippen MR) is 78.4 cm³/mol. The van der Waals surface area contributed by atoms with Crippen LogP contribution in [0.5, 0.6) is 0 Å². The van der Waals surface area contributed by atoms with E-state index in [1.807, 2.05) is 20.8 Å². The van der Waals surface area contributed by atoms with E-state index in [0.717, 1.165) is 12.8 Å². The molecule has 1 rings (SSSR count). The van der Waals surface area contributed by atoms with Crippen LogP contribution in [-0.4, -0.2) is 42.2 Å². The minimum absolute atomic E-state index is 0.00169. The molecule has 0 bridgehead atoms. The second-order valence-corrected chi connectivity index (χ2v) is 6.87. The van der Waals surface area contributed by atoms with Gasteiger partial charge in [-0.25, -0.2) is 13.6 Å². The SMILES string of the molecule is CC(C)(C)OC(=O)N1CCCC(CCC(F)(F)CCN)C1. The Hall–Kier alpha value is -0.910. The molecule has 0 saturated carbocycles. The van der Waals surface area contributed by atoms with Crippen LogP contribution in [0, 0.1) is 5.92 Å². The number of hydrogen-bond acceptors (Lipinski definition) is 3. The molecular weight excluding hydrogens is 278 g/mol. The van der Waals surface area contributed by atoms with Crippen LogP contribution < -0.4 is 5.73 Å². The molecule has 4 nitrogen and oxygen atoms in total. The molecule has 1 saturated heterocycles. The summed E-state index contributed by atoms with van der Waals surface area (Å²) in [6.45, 7) is 6.61. The van der Waals surface area contributed by atoms with E-state index in [0.29, 0.717) is 19.5 Å². The number of piperidine rings is 1. The second kappa shape index (κ2) is 7.38. The van der Waals surface area contributed by atoms with Gasteiger partial charge in [0.15, 0.2) is 0 Å². The molecule has 0 aromatic heterocycles. The number of hydrogen-bond donors (Lipinski definition) is 1. The summed E-state index contributed by atoms with van der Waals surface area (Å²) in [7, 11) is 0. The molecule has 1 aliphatic heterocycles. The zero-order valence-electron chi connectivity index (χ0n) is 13.3. The topological polar surface area (TPSA) is 55.6 Å². The Kier molecular flexibility index (Phi) is 6.38. The molecule has 1 heterocycles. The Morgan fingerprint density at radius 3 is 2.57 bits per heavy atom. The highest BCUT2D eigenvalue weighted by Crippen LogP contribution is 2.29. The maximum Gasteiger partial charge on any atom is 0.410 e. The molecule has 0 aliphatic carbocycles. The van der Waals surface area contributed by atoms with Gasteiger partial charge >= 0.3 is 6.09 Å². The fourth-order valence-electron chi connectivity index (χ4n) is 2.54. The quantitative estimate of drug-likeness (QED) is 0.847. The van der Waals surface area contributed by atoms with E-state index in [4.69, 9.17) is 10.5 Å². The highest BCUT2D eigenvalue weighted by Gasteiger charge is 2.32. The molecule has 0 radical (unpaired) electrons. The van der Waals surface area contributed by atoms with Crippen LogP contribution >= 0.6 is 0 Å². The summed E-state index contributed by atoms with van der Waals surface area (Å²) in [5.41, 5.74) is 4.66. The summed E-state index contributed by atoms with van der Waals surface area (Å²) in [4.78, 5) is 13.6. The number of alkyl halides is 2. The van der Waals surface area contributed by atoms with Crippen molar-refractivity contribution >= 4 is 6.09 Å². The van der Waals surface area contributed by atoms with Crippen LogP contribution in [0.1, 0.15) is 52.9 Å². The zero-order chi connectivity index (χ0) is 16.1. The fraction of sp³-hybridized carbons (Fsp3) is 0.933. The number of rotatable bonds is 5. The highest BCUT2D eigenvalue weighted by atomic mass is 19.3. The summed E-state index contributed by atoms with van der Waals surface area (Å²) in [5, 5.41) is 0. The number of likely N-dealkylation sites (tertiary alicyclic amines) is 1. The number of nitrogens with zero attached hydrogens (tertiary/aromatic N) is 1. The van der Waals surface area contributed by atoms with Crippen molar-refractivity contribution in [2.45, 2.75) is 64.4 Å². The molecule has 1 atom stereocenters. The third-order valence-corrected chi connectivity index (χ3v) is 3.60.